The standard InChI is InChI=1S/C27H33N3O4S/c1-27(26(32)28-19-7-5-4-6-8-19)17-29-21-12-14-35-24(21)16-22(29)25(31)30(27)13-11-18-9-10-20(33-2)15-23(18)34-3/h9-10,12,14-16,19H,4-8,11,13,17H2,1-3H3,(H,28,32)/t27-/m0/s1. The van der Waals surface area contributed by atoms with Gasteiger partial charge in [-0.1, -0.05) is 25.3 Å². The highest BCUT2D eigenvalue weighted by Gasteiger charge is 2.48. The van der Waals surface area contributed by atoms with Gasteiger partial charge in [0.25, 0.3) is 5.91 Å². The lowest BCUT2D eigenvalue weighted by Crippen LogP contribution is -2.65. The molecule has 0 spiro atoms. The van der Waals surface area contributed by atoms with Gasteiger partial charge in [0.2, 0.25) is 5.91 Å². The molecular weight excluding hydrogens is 462 g/mol. The SMILES string of the molecule is COc1ccc(CCN2C(=O)c3cc4sccc4n3C[C@@]2(C)C(=O)NC2CCCCC2)c(OC)c1. The molecule has 2 amide bonds. The van der Waals surface area contributed by atoms with Crippen LogP contribution in [0.15, 0.2) is 35.7 Å². The van der Waals surface area contributed by atoms with E-state index in [2.05, 4.69) is 5.32 Å². The van der Waals surface area contributed by atoms with E-state index in [1.54, 1.807) is 30.5 Å². The Bertz CT molecular complexity index is 1240. The Balaban J connectivity index is 1.46. The highest BCUT2D eigenvalue weighted by molar-refractivity contribution is 7.17. The zero-order valence-electron chi connectivity index (χ0n) is 20.6. The highest BCUT2D eigenvalue weighted by atomic mass is 32.1. The summed E-state index contributed by atoms with van der Waals surface area (Å²) >= 11 is 1.62. The third-order valence-electron chi connectivity index (χ3n) is 7.58. The van der Waals surface area contributed by atoms with Crippen LogP contribution in [0.2, 0.25) is 0 Å². The topological polar surface area (TPSA) is 72.8 Å². The Morgan fingerprint density at radius 3 is 2.69 bits per heavy atom. The summed E-state index contributed by atoms with van der Waals surface area (Å²) in [7, 11) is 3.25. The zero-order valence-corrected chi connectivity index (χ0v) is 21.5. The van der Waals surface area contributed by atoms with Crippen LogP contribution in [0.25, 0.3) is 10.2 Å². The number of carbonyl (C=O) groups excluding carboxylic acids is 2. The van der Waals surface area contributed by atoms with E-state index in [0.29, 0.717) is 36.7 Å². The summed E-state index contributed by atoms with van der Waals surface area (Å²) in [5.74, 6) is 1.26. The predicted octanol–water partition coefficient (Wildman–Crippen LogP) is 4.63. The second-order valence-corrected chi connectivity index (χ2v) is 10.7. The first-order valence-corrected chi connectivity index (χ1v) is 13.2. The molecule has 1 saturated carbocycles. The van der Waals surface area contributed by atoms with E-state index in [-0.39, 0.29) is 17.9 Å². The van der Waals surface area contributed by atoms with Crippen molar-refractivity contribution in [3.05, 3.63) is 47.0 Å². The minimum absolute atomic E-state index is 0.0674. The van der Waals surface area contributed by atoms with E-state index in [4.69, 9.17) is 9.47 Å². The first-order valence-electron chi connectivity index (χ1n) is 12.3. The van der Waals surface area contributed by atoms with Crippen LogP contribution >= 0.6 is 11.3 Å². The quantitative estimate of drug-likeness (QED) is 0.519. The van der Waals surface area contributed by atoms with Crippen LogP contribution in [-0.2, 0) is 17.8 Å². The average Bonchev–Trinajstić information content (AvgIpc) is 3.47. The fraction of sp³-hybridized carbons (Fsp3) is 0.481. The van der Waals surface area contributed by atoms with Gasteiger partial charge in [-0.05, 0) is 55.3 Å². The highest BCUT2D eigenvalue weighted by Crippen LogP contribution is 2.35. The van der Waals surface area contributed by atoms with Crippen LogP contribution < -0.4 is 14.8 Å². The van der Waals surface area contributed by atoms with Crippen molar-refractivity contribution in [3.63, 3.8) is 0 Å². The van der Waals surface area contributed by atoms with Crippen LogP contribution in [0, 0.1) is 0 Å². The molecule has 186 valence electrons. The molecule has 8 heteroatoms. The maximum absolute atomic E-state index is 13.9. The van der Waals surface area contributed by atoms with E-state index in [9.17, 15) is 9.59 Å². The summed E-state index contributed by atoms with van der Waals surface area (Å²) < 4.78 is 14.0. The lowest BCUT2D eigenvalue weighted by Gasteiger charge is -2.45. The van der Waals surface area contributed by atoms with Gasteiger partial charge < -0.3 is 24.3 Å². The number of ether oxygens (including phenoxy) is 2. The lowest BCUT2D eigenvalue weighted by atomic mass is 9.91. The van der Waals surface area contributed by atoms with Gasteiger partial charge in [0.15, 0.2) is 0 Å². The van der Waals surface area contributed by atoms with E-state index >= 15 is 0 Å². The van der Waals surface area contributed by atoms with Gasteiger partial charge in [0.1, 0.15) is 22.7 Å². The first kappa shape index (κ1) is 23.7. The molecule has 3 heterocycles. The van der Waals surface area contributed by atoms with Crippen molar-refractivity contribution in [2.24, 2.45) is 0 Å². The Labute approximate surface area is 210 Å². The van der Waals surface area contributed by atoms with Gasteiger partial charge in [-0.3, -0.25) is 9.59 Å². The first-order chi connectivity index (χ1) is 16.9. The molecule has 7 nitrogen and oxygen atoms in total. The van der Waals surface area contributed by atoms with Crippen molar-refractivity contribution in [2.45, 2.75) is 63.6 Å². The van der Waals surface area contributed by atoms with Crippen molar-refractivity contribution in [1.29, 1.82) is 0 Å². The summed E-state index contributed by atoms with van der Waals surface area (Å²) in [5.41, 5.74) is 1.65. The van der Waals surface area contributed by atoms with E-state index in [0.717, 1.165) is 41.5 Å². The van der Waals surface area contributed by atoms with Crippen molar-refractivity contribution in [3.8, 4) is 11.5 Å². The Morgan fingerprint density at radius 1 is 1.14 bits per heavy atom. The molecule has 2 aromatic heterocycles. The summed E-state index contributed by atoms with van der Waals surface area (Å²) in [6, 6.07) is 9.88. The number of methoxy groups -OCH3 is 2. The Kier molecular flexibility index (Phi) is 6.49. The van der Waals surface area contributed by atoms with Gasteiger partial charge in [-0.2, -0.15) is 0 Å². The second kappa shape index (κ2) is 9.57. The number of rotatable bonds is 7. The number of benzene rings is 1. The minimum atomic E-state index is -0.991. The molecule has 1 aromatic carbocycles. The summed E-state index contributed by atoms with van der Waals surface area (Å²) in [6.45, 7) is 2.76. The monoisotopic (exact) mass is 495 g/mol. The molecule has 1 aliphatic carbocycles. The Hall–Kier alpha value is -3.00. The molecule has 5 rings (SSSR count). The Morgan fingerprint density at radius 2 is 1.94 bits per heavy atom. The van der Waals surface area contributed by atoms with Crippen LogP contribution in [0.5, 0.6) is 11.5 Å². The number of nitrogens with one attached hydrogen (secondary N) is 1. The predicted molar refractivity (Wildman–Crippen MR) is 138 cm³/mol. The smallest absolute Gasteiger partial charge is 0.271 e. The minimum Gasteiger partial charge on any atom is -0.497 e. The molecule has 3 aromatic rings. The molecule has 2 aliphatic rings. The number of nitrogens with zero attached hydrogens (tertiary/aromatic N) is 2. The van der Waals surface area contributed by atoms with Gasteiger partial charge in [0.05, 0.1) is 31.0 Å². The summed E-state index contributed by atoms with van der Waals surface area (Å²) in [6.07, 6.45) is 6.07. The second-order valence-electron chi connectivity index (χ2n) is 9.75. The van der Waals surface area contributed by atoms with Gasteiger partial charge in [0, 0.05) is 18.7 Å². The van der Waals surface area contributed by atoms with Crippen LogP contribution in [-0.4, -0.2) is 53.6 Å². The van der Waals surface area contributed by atoms with Gasteiger partial charge in [-0.15, -0.1) is 11.3 Å². The third-order valence-corrected chi connectivity index (χ3v) is 8.43. The molecule has 35 heavy (non-hydrogen) atoms. The van der Waals surface area contributed by atoms with E-state index in [1.807, 2.05) is 47.2 Å². The average molecular weight is 496 g/mol. The molecule has 0 unspecified atom stereocenters. The normalized spacial score (nSPS) is 20.7. The van der Waals surface area contributed by atoms with Gasteiger partial charge in [-0.25, -0.2) is 0 Å². The van der Waals surface area contributed by atoms with Crippen molar-refractivity contribution < 1.29 is 19.1 Å². The maximum Gasteiger partial charge on any atom is 0.271 e. The summed E-state index contributed by atoms with van der Waals surface area (Å²) in [4.78, 5) is 29.4. The molecule has 1 aliphatic heterocycles. The molecule has 1 fully saturated rings. The molecular formula is C27H33N3O4S. The molecule has 0 saturated heterocycles. The number of thiophene rings is 1. The zero-order chi connectivity index (χ0) is 24.6. The molecule has 1 N–H and O–H groups in total. The fourth-order valence-electron chi connectivity index (χ4n) is 5.50. The van der Waals surface area contributed by atoms with Crippen LogP contribution in [0.3, 0.4) is 0 Å². The van der Waals surface area contributed by atoms with Gasteiger partial charge >= 0.3 is 0 Å². The van der Waals surface area contributed by atoms with E-state index in [1.165, 1.54) is 6.42 Å². The molecule has 0 bridgehead atoms. The number of carbonyl (C=O) groups is 2. The molecule has 0 radical (unpaired) electrons. The van der Waals surface area contributed by atoms with Crippen LogP contribution in [0.4, 0.5) is 0 Å². The number of fused-ring (bicyclic) bond motifs is 3. The van der Waals surface area contributed by atoms with Crippen molar-refractivity contribution >= 4 is 33.4 Å². The number of hydrogen-bond donors (Lipinski definition) is 1. The van der Waals surface area contributed by atoms with Crippen molar-refractivity contribution in [2.75, 3.05) is 20.8 Å². The fourth-order valence-corrected chi connectivity index (χ4v) is 6.32. The van der Waals surface area contributed by atoms with Crippen LogP contribution in [0.1, 0.15) is 55.1 Å². The summed E-state index contributed by atoms with van der Waals surface area (Å²) in [5, 5.41) is 5.33. The third kappa shape index (κ3) is 4.29. The lowest BCUT2D eigenvalue weighted by molar-refractivity contribution is -0.133. The van der Waals surface area contributed by atoms with Crippen molar-refractivity contribution in [1.82, 2.24) is 14.8 Å². The van der Waals surface area contributed by atoms with E-state index < -0.39 is 5.54 Å². The largest absolute Gasteiger partial charge is 0.497 e. The number of hydrogen-bond acceptors (Lipinski definition) is 5. The maximum atomic E-state index is 13.9. The molecule has 1 atom stereocenters. The number of amides is 2. The number of aromatic nitrogens is 1.